The lowest BCUT2D eigenvalue weighted by atomic mass is 9.89. The molecule has 0 bridgehead atoms. The van der Waals surface area contributed by atoms with Crippen molar-refractivity contribution in [3.05, 3.63) is 12.3 Å². The van der Waals surface area contributed by atoms with E-state index in [-0.39, 0.29) is 18.4 Å². The summed E-state index contributed by atoms with van der Waals surface area (Å²) in [5.74, 6) is 1.49. The molecule has 2 aliphatic rings. The van der Waals surface area contributed by atoms with Crippen LogP contribution in [0, 0.1) is 5.41 Å². The van der Waals surface area contributed by atoms with E-state index >= 15 is 0 Å². The molecule has 3 heterocycles. The highest BCUT2D eigenvalue weighted by Crippen LogP contribution is 2.29. The number of aromatic nitrogens is 2. The van der Waals surface area contributed by atoms with Gasteiger partial charge in [-0.2, -0.15) is 4.98 Å². The van der Waals surface area contributed by atoms with Crippen molar-refractivity contribution in [2.24, 2.45) is 5.41 Å². The van der Waals surface area contributed by atoms with Crippen LogP contribution in [-0.2, 0) is 0 Å². The summed E-state index contributed by atoms with van der Waals surface area (Å²) in [7, 11) is 5.99. The van der Waals surface area contributed by atoms with Gasteiger partial charge in [-0.25, -0.2) is 9.37 Å². The average molecular weight is 387 g/mol. The Morgan fingerprint density at radius 3 is 2.81 bits per heavy atom. The molecule has 1 N–H and O–H groups in total. The first kappa shape index (κ1) is 21.1. The summed E-state index contributed by atoms with van der Waals surface area (Å²) in [6.45, 7) is 6.81. The van der Waals surface area contributed by atoms with Gasteiger partial charge >= 0.3 is 0 Å². The Morgan fingerprint density at radius 2 is 2.15 bits per heavy atom. The molecule has 0 aliphatic carbocycles. The van der Waals surface area contributed by atoms with Gasteiger partial charge in [-0.3, -0.25) is 0 Å². The third-order valence-electron chi connectivity index (χ3n) is 5.32. The summed E-state index contributed by atoms with van der Waals surface area (Å²) >= 11 is 0. The van der Waals surface area contributed by atoms with Crippen LogP contribution in [0.1, 0.15) is 19.8 Å². The van der Waals surface area contributed by atoms with Gasteiger partial charge in [0.2, 0.25) is 5.95 Å². The molecule has 2 fully saturated rings. The molecular weight excluding hydrogens is 355 g/mol. The number of hydrogen-bond acceptors (Lipinski definition) is 6. The Balaban J connectivity index is 0.00000243. The molecule has 0 aromatic carbocycles. The van der Waals surface area contributed by atoms with Gasteiger partial charge in [0.05, 0.1) is 6.54 Å². The third kappa shape index (κ3) is 4.96. The maximum absolute atomic E-state index is 14.2. The topological polar surface area (TPSA) is 47.5 Å². The molecule has 0 radical (unpaired) electrons. The smallest absolute Gasteiger partial charge is 0.226 e. The molecule has 2 saturated heterocycles. The van der Waals surface area contributed by atoms with Crippen LogP contribution < -0.4 is 15.1 Å². The Bertz CT molecular complexity index is 581. The molecular formula is C18H32ClFN6. The molecule has 148 valence electrons. The minimum atomic E-state index is -0.792. The van der Waals surface area contributed by atoms with Crippen molar-refractivity contribution in [3.63, 3.8) is 0 Å². The van der Waals surface area contributed by atoms with E-state index in [2.05, 4.69) is 39.1 Å². The van der Waals surface area contributed by atoms with Crippen LogP contribution in [-0.4, -0.2) is 80.9 Å². The number of halogens is 2. The van der Waals surface area contributed by atoms with E-state index in [0.717, 1.165) is 32.0 Å². The van der Waals surface area contributed by atoms with Crippen LogP contribution in [0.25, 0.3) is 0 Å². The fraction of sp³-hybridized carbons (Fsp3) is 0.778. The molecule has 2 aliphatic heterocycles. The molecule has 3 rings (SSSR count). The zero-order valence-corrected chi connectivity index (χ0v) is 17.1. The molecule has 8 heteroatoms. The number of likely N-dealkylation sites (N-methyl/N-ethyl adjacent to an activating group) is 1. The van der Waals surface area contributed by atoms with E-state index in [1.54, 1.807) is 6.20 Å². The molecule has 3 atom stereocenters. The lowest BCUT2D eigenvalue weighted by Gasteiger charge is -2.33. The quantitative estimate of drug-likeness (QED) is 0.804. The molecule has 1 aromatic heterocycles. The Labute approximate surface area is 162 Å². The van der Waals surface area contributed by atoms with Crippen LogP contribution in [0.4, 0.5) is 16.2 Å². The van der Waals surface area contributed by atoms with Gasteiger partial charge in [0.1, 0.15) is 12.0 Å². The third-order valence-corrected chi connectivity index (χ3v) is 5.32. The Morgan fingerprint density at radius 1 is 1.38 bits per heavy atom. The highest BCUT2D eigenvalue weighted by molar-refractivity contribution is 5.85. The normalized spacial score (nSPS) is 28.5. The van der Waals surface area contributed by atoms with Crippen molar-refractivity contribution < 1.29 is 4.39 Å². The first-order valence-electron chi connectivity index (χ1n) is 9.17. The lowest BCUT2D eigenvalue weighted by Crippen LogP contribution is -2.43. The van der Waals surface area contributed by atoms with Crippen molar-refractivity contribution in [2.75, 3.05) is 63.7 Å². The standard InChI is InChI=1S/C18H31FN6.ClH/c1-18(6-8-20-12-18)13-24(4)11-15-9-14(19)10-25(15)16-5-7-21-17(22-16)23(2)3;/h5,7,14-15,20H,6,8-13H2,1-4H3;1H/t14-,15-,18?;/m0./s1. The summed E-state index contributed by atoms with van der Waals surface area (Å²) in [6, 6.07) is 2.04. The number of rotatable bonds is 6. The summed E-state index contributed by atoms with van der Waals surface area (Å²) in [6.07, 6.45) is 2.74. The summed E-state index contributed by atoms with van der Waals surface area (Å²) < 4.78 is 14.2. The van der Waals surface area contributed by atoms with Gasteiger partial charge in [0.15, 0.2) is 0 Å². The SMILES string of the molecule is CN(C[C@@H]1C[C@H](F)CN1c1ccnc(N(C)C)n1)CC1(C)CCNC1.Cl. The van der Waals surface area contributed by atoms with Gasteiger partial charge in [0, 0.05) is 52.4 Å². The van der Waals surface area contributed by atoms with E-state index in [4.69, 9.17) is 0 Å². The van der Waals surface area contributed by atoms with Crippen molar-refractivity contribution in [1.82, 2.24) is 20.2 Å². The maximum atomic E-state index is 14.2. The van der Waals surface area contributed by atoms with E-state index < -0.39 is 6.17 Å². The molecule has 26 heavy (non-hydrogen) atoms. The zero-order valence-electron chi connectivity index (χ0n) is 16.3. The first-order chi connectivity index (χ1) is 11.9. The highest BCUT2D eigenvalue weighted by atomic mass is 35.5. The van der Waals surface area contributed by atoms with Crippen molar-refractivity contribution in [2.45, 2.75) is 32.0 Å². The van der Waals surface area contributed by atoms with Crippen LogP contribution >= 0.6 is 12.4 Å². The molecule has 0 amide bonds. The second-order valence-corrected chi connectivity index (χ2v) is 8.18. The monoisotopic (exact) mass is 386 g/mol. The molecule has 1 unspecified atom stereocenters. The number of anilines is 2. The van der Waals surface area contributed by atoms with Gasteiger partial charge in [-0.05, 0) is 31.5 Å². The largest absolute Gasteiger partial charge is 0.349 e. The Kier molecular flexibility index (Phi) is 7.05. The number of alkyl halides is 1. The van der Waals surface area contributed by atoms with Crippen LogP contribution in [0.5, 0.6) is 0 Å². The second-order valence-electron chi connectivity index (χ2n) is 8.18. The van der Waals surface area contributed by atoms with Crippen molar-refractivity contribution >= 4 is 24.2 Å². The van der Waals surface area contributed by atoms with Gasteiger partial charge in [-0.1, -0.05) is 6.92 Å². The average Bonchev–Trinajstić information content (AvgIpc) is 3.13. The fourth-order valence-corrected chi connectivity index (χ4v) is 4.11. The van der Waals surface area contributed by atoms with Gasteiger partial charge in [-0.15, -0.1) is 12.4 Å². The second kappa shape index (κ2) is 8.67. The summed E-state index contributed by atoms with van der Waals surface area (Å²) in [5.41, 5.74) is 0.320. The Hall–Kier alpha value is -1.18. The van der Waals surface area contributed by atoms with Crippen LogP contribution in [0.2, 0.25) is 0 Å². The van der Waals surface area contributed by atoms with Crippen molar-refractivity contribution in [1.29, 1.82) is 0 Å². The van der Waals surface area contributed by atoms with Crippen molar-refractivity contribution in [3.8, 4) is 0 Å². The van der Waals surface area contributed by atoms with E-state index in [0.29, 0.717) is 24.3 Å². The van der Waals surface area contributed by atoms with E-state index in [1.807, 2.05) is 25.1 Å². The summed E-state index contributed by atoms with van der Waals surface area (Å²) in [4.78, 5) is 15.2. The number of nitrogens with zero attached hydrogens (tertiary/aromatic N) is 5. The van der Waals surface area contributed by atoms with Crippen LogP contribution in [0.3, 0.4) is 0 Å². The first-order valence-corrected chi connectivity index (χ1v) is 9.17. The van der Waals surface area contributed by atoms with Gasteiger partial charge < -0.3 is 20.0 Å². The summed E-state index contributed by atoms with van der Waals surface area (Å²) in [5, 5.41) is 3.45. The maximum Gasteiger partial charge on any atom is 0.226 e. The predicted octanol–water partition coefficient (Wildman–Crippen LogP) is 1.81. The molecule has 1 aromatic rings. The lowest BCUT2D eigenvalue weighted by molar-refractivity contribution is 0.198. The minimum Gasteiger partial charge on any atom is -0.349 e. The molecule has 0 saturated carbocycles. The minimum absolute atomic E-state index is 0. The number of hydrogen-bond donors (Lipinski definition) is 1. The molecule has 0 spiro atoms. The molecule has 6 nitrogen and oxygen atoms in total. The number of nitrogens with one attached hydrogen (secondary N) is 1. The van der Waals surface area contributed by atoms with E-state index in [1.165, 1.54) is 6.42 Å². The predicted molar refractivity (Wildman–Crippen MR) is 107 cm³/mol. The fourth-order valence-electron chi connectivity index (χ4n) is 4.11. The zero-order chi connectivity index (χ0) is 18.0. The highest BCUT2D eigenvalue weighted by Gasteiger charge is 2.36. The van der Waals surface area contributed by atoms with E-state index in [9.17, 15) is 4.39 Å². The van der Waals surface area contributed by atoms with Crippen LogP contribution in [0.15, 0.2) is 12.3 Å². The van der Waals surface area contributed by atoms with Gasteiger partial charge in [0.25, 0.3) is 0 Å².